The van der Waals surface area contributed by atoms with Gasteiger partial charge in [-0.3, -0.25) is 9.48 Å². The average molecular weight is 253 g/mol. The average Bonchev–Trinajstić information content (AvgIpc) is 2.52. The molecule has 6 nitrogen and oxygen atoms in total. The van der Waals surface area contributed by atoms with E-state index in [4.69, 9.17) is 5.73 Å². The van der Waals surface area contributed by atoms with Crippen LogP contribution in [0.15, 0.2) is 0 Å². The molecule has 0 bridgehead atoms. The van der Waals surface area contributed by atoms with E-state index in [-0.39, 0.29) is 5.91 Å². The monoisotopic (exact) mass is 253 g/mol. The number of aromatic nitrogens is 2. The van der Waals surface area contributed by atoms with Crippen LogP contribution in [0.25, 0.3) is 0 Å². The Hall–Kier alpha value is -1.72. The van der Waals surface area contributed by atoms with Crippen molar-refractivity contribution in [2.45, 2.75) is 20.3 Å². The standard InChI is InChI=1S/C12H23N5O/c1-6-7-17(8-10(18)15(3)4)12-11(13)9(2)14-16(12)5/h6-8,13H2,1-5H3. The maximum absolute atomic E-state index is 11.8. The second kappa shape index (κ2) is 5.75. The van der Waals surface area contributed by atoms with Gasteiger partial charge in [-0.25, -0.2) is 0 Å². The van der Waals surface area contributed by atoms with Crippen LogP contribution in [0.5, 0.6) is 0 Å². The third-order valence-corrected chi connectivity index (χ3v) is 2.86. The van der Waals surface area contributed by atoms with Gasteiger partial charge in [0.2, 0.25) is 5.91 Å². The van der Waals surface area contributed by atoms with Crippen LogP contribution in [0.3, 0.4) is 0 Å². The van der Waals surface area contributed by atoms with Gasteiger partial charge in [-0.1, -0.05) is 6.92 Å². The summed E-state index contributed by atoms with van der Waals surface area (Å²) >= 11 is 0. The number of hydrogen-bond acceptors (Lipinski definition) is 4. The van der Waals surface area contributed by atoms with E-state index in [1.54, 1.807) is 23.7 Å². The molecule has 1 heterocycles. The third-order valence-electron chi connectivity index (χ3n) is 2.86. The number of nitrogen functional groups attached to an aromatic ring is 1. The highest BCUT2D eigenvalue weighted by Gasteiger charge is 2.19. The third kappa shape index (κ3) is 2.94. The zero-order valence-corrected chi connectivity index (χ0v) is 11.9. The van der Waals surface area contributed by atoms with Gasteiger partial charge >= 0.3 is 0 Å². The Labute approximate surface area is 108 Å². The molecule has 0 unspecified atom stereocenters. The zero-order valence-electron chi connectivity index (χ0n) is 11.9. The summed E-state index contributed by atoms with van der Waals surface area (Å²) < 4.78 is 1.74. The molecular weight excluding hydrogens is 230 g/mol. The number of nitrogens with two attached hydrogens (primary N) is 1. The Morgan fingerprint density at radius 2 is 2.06 bits per heavy atom. The molecular formula is C12H23N5O. The van der Waals surface area contributed by atoms with E-state index in [1.807, 2.05) is 18.9 Å². The number of hydrogen-bond donors (Lipinski definition) is 1. The molecule has 0 aromatic carbocycles. The summed E-state index contributed by atoms with van der Waals surface area (Å²) in [5.41, 5.74) is 7.48. The maximum Gasteiger partial charge on any atom is 0.241 e. The largest absolute Gasteiger partial charge is 0.394 e. The van der Waals surface area contributed by atoms with Crippen LogP contribution in [-0.2, 0) is 11.8 Å². The first-order valence-corrected chi connectivity index (χ1v) is 6.12. The van der Waals surface area contributed by atoms with Crippen molar-refractivity contribution in [2.75, 3.05) is 37.8 Å². The number of nitrogens with zero attached hydrogens (tertiary/aromatic N) is 4. The predicted octanol–water partition coefficient (Wildman–Crippen LogP) is 0.615. The Morgan fingerprint density at radius 1 is 1.44 bits per heavy atom. The summed E-state index contributed by atoms with van der Waals surface area (Å²) in [5, 5.41) is 4.29. The summed E-state index contributed by atoms with van der Waals surface area (Å²) in [5.74, 6) is 0.881. The highest BCUT2D eigenvalue weighted by atomic mass is 16.2. The second-order valence-electron chi connectivity index (χ2n) is 4.66. The second-order valence-corrected chi connectivity index (χ2v) is 4.66. The molecule has 1 aromatic heterocycles. The normalized spacial score (nSPS) is 10.5. The minimum atomic E-state index is 0.0571. The van der Waals surface area contributed by atoms with E-state index in [1.165, 1.54) is 0 Å². The van der Waals surface area contributed by atoms with Crippen molar-refractivity contribution < 1.29 is 4.79 Å². The van der Waals surface area contributed by atoms with Gasteiger partial charge in [0.1, 0.15) is 0 Å². The van der Waals surface area contributed by atoms with Crippen molar-refractivity contribution >= 4 is 17.4 Å². The number of amides is 1. The Morgan fingerprint density at radius 3 is 2.44 bits per heavy atom. The molecule has 102 valence electrons. The van der Waals surface area contributed by atoms with Gasteiger partial charge in [0.15, 0.2) is 5.82 Å². The van der Waals surface area contributed by atoms with Crippen LogP contribution in [0.4, 0.5) is 11.5 Å². The van der Waals surface area contributed by atoms with E-state index in [0.29, 0.717) is 12.2 Å². The van der Waals surface area contributed by atoms with Gasteiger partial charge < -0.3 is 15.5 Å². The summed E-state index contributed by atoms with van der Waals surface area (Å²) in [6.45, 7) is 5.05. The molecule has 0 aliphatic rings. The van der Waals surface area contributed by atoms with Gasteiger partial charge in [0.25, 0.3) is 0 Å². The molecule has 0 radical (unpaired) electrons. The smallest absolute Gasteiger partial charge is 0.241 e. The summed E-state index contributed by atoms with van der Waals surface area (Å²) in [6.07, 6.45) is 0.949. The minimum absolute atomic E-state index is 0.0571. The van der Waals surface area contributed by atoms with Crippen LogP contribution >= 0.6 is 0 Å². The Kier molecular flexibility index (Phi) is 4.58. The molecule has 2 N–H and O–H groups in total. The molecule has 0 atom stereocenters. The van der Waals surface area contributed by atoms with Crippen molar-refractivity contribution in [3.05, 3.63) is 5.69 Å². The molecule has 18 heavy (non-hydrogen) atoms. The zero-order chi connectivity index (χ0) is 13.9. The first-order chi connectivity index (χ1) is 8.38. The van der Waals surface area contributed by atoms with E-state index in [2.05, 4.69) is 12.0 Å². The molecule has 0 saturated carbocycles. The fraction of sp³-hybridized carbons (Fsp3) is 0.667. The predicted molar refractivity (Wildman–Crippen MR) is 73.6 cm³/mol. The molecule has 0 spiro atoms. The van der Waals surface area contributed by atoms with E-state index in [0.717, 1.165) is 24.5 Å². The van der Waals surface area contributed by atoms with Crippen LogP contribution in [0, 0.1) is 6.92 Å². The lowest BCUT2D eigenvalue weighted by Crippen LogP contribution is -2.38. The molecule has 6 heteroatoms. The van der Waals surface area contributed by atoms with Gasteiger partial charge in [0.05, 0.1) is 17.9 Å². The first kappa shape index (κ1) is 14.3. The van der Waals surface area contributed by atoms with E-state index in [9.17, 15) is 4.79 Å². The fourth-order valence-electron chi connectivity index (χ4n) is 1.87. The summed E-state index contributed by atoms with van der Waals surface area (Å²) in [7, 11) is 5.36. The van der Waals surface area contributed by atoms with E-state index < -0.39 is 0 Å². The van der Waals surface area contributed by atoms with Gasteiger partial charge in [0, 0.05) is 27.7 Å². The highest BCUT2D eigenvalue weighted by molar-refractivity contribution is 5.82. The minimum Gasteiger partial charge on any atom is -0.394 e. The number of carbonyl (C=O) groups is 1. The van der Waals surface area contributed by atoms with Gasteiger partial charge in [-0.05, 0) is 13.3 Å². The summed E-state index contributed by atoms with van der Waals surface area (Å²) in [6, 6.07) is 0. The van der Waals surface area contributed by atoms with Gasteiger partial charge in [-0.15, -0.1) is 0 Å². The number of carbonyl (C=O) groups excluding carboxylic acids is 1. The number of aryl methyl sites for hydroxylation is 2. The molecule has 1 amide bonds. The Balaban J connectivity index is 3.00. The van der Waals surface area contributed by atoms with Gasteiger partial charge in [-0.2, -0.15) is 5.10 Å². The van der Waals surface area contributed by atoms with Crippen LogP contribution in [0.1, 0.15) is 19.0 Å². The number of anilines is 2. The lowest BCUT2D eigenvalue weighted by molar-refractivity contribution is -0.127. The van der Waals surface area contributed by atoms with Crippen molar-refractivity contribution in [2.24, 2.45) is 7.05 Å². The van der Waals surface area contributed by atoms with Crippen molar-refractivity contribution in [3.63, 3.8) is 0 Å². The summed E-state index contributed by atoms with van der Waals surface area (Å²) in [4.78, 5) is 15.4. The first-order valence-electron chi connectivity index (χ1n) is 6.12. The molecule has 0 saturated heterocycles. The van der Waals surface area contributed by atoms with Crippen molar-refractivity contribution in [1.29, 1.82) is 0 Å². The van der Waals surface area contributed by atoms with Crippen LogP contribution in [0.2, 0.25) is 0 Å². The molecule has 1 rings (SSSR count). The maximum atomic E-state index is 11.8. The number of likely N-dealkylation sites (N-methyl/N-ethyl adjacent to an activating group) is 1. The molecule has 0 aliphatic heterocycles. The highest BCUT2D eigenvalue weighted by Crippen LogP contribution is 2.25. The van der Waals surface area contributed by atoms with E-state index >= 15 is 0 Å². The lowest BCUT2D eigenvalue weighted by Gasteiger charge is -2.25. The SMILES string of the molecule is CCCN(CC(=O)N(C)C)c1c(N)c(C)nn1C. The molecule has 1 aromatic rings. The Bertz CT molecular complexity index is 424. The topological polar surface area (TPSA) is 67.4 Å². The van der Waals surface area contributed by atoms with Crippen LogP contribution in [-0.4, -0.2) is 47.8 Å². The fourth-order valence-corrected chi connectivity index (χ4v) is 1.87. The lowest BCUT2D eigenvalue weighted by atomic mass is 10.3. The van der Waals surface area contributed by atoms with Crippen molar-refractivity contribution in [1.82, 2.24) is 14.7 Å². The van der Waals surface area contributed by atoms with Crippen molar-refractivity contribution in [3.8, 4) is 0 Å². The molecule has 0 fully saturated rings. The van der Waals surface area contributed by atoms with Crippen LogP contribution < -0.4 is 10.6 Å². The quantitative estimate of drug-likeness (QED) is 0.835. The number of rotatable bonds is 5. The molecule has 0 aliphatic carbocycles.